The molecular weight excluding hydrogens is 388 g/mol. The van der Waals surface area contributed by atoms with E-state index in [1.807, 2.05) is 16.9 Å². The Morgan fingerprint density at radius 1 is 1.30 bits per heavy atom. The highest BCUT2D eigenvalue weighted by Gasteiger charge is 2.11. The number of hydrogen-bond donors (Lipinski definition) is 0. The van der Waals surface area contributed by atoms with E-state index in [-0.39, 0.29) is 5.56 Å². The fraction of sp³-hybridized carbons (Fsp3) is 0.462. The second kappa shape index (κ2) is 6.67. The van der Waals surface area contributed by atoms with Crippen LogP contribution in [-0.4, -0.2) is 19.6 Å². The molecule has 0 unspecified atom stereocenters. The molecule has 0 aliphatic heterocycles. The summed E-state index contributed by atoms with van der Waals surface area (Å²) in [5, 5.41) is 8.64. The first-order valence-electron chi connectivity index (χ1n) is 6.52. The van der Waals surface area contributed by atoms with Gasteiger partial charge in [0.25, 0.3) is 5.56 Å². The van der Waals surface area contributed by atoms with Gasteiger partial charge in [-0.1, -0.05) is 13.8 Å². The summed E-state index contributed by atoms with van der Waals surface area (Å²) in [6.07, 6.45) is 5.65. The van der Waals surface area contributed by atoms with Gasteiger partial charge in [-0.25, -0.2) is 4.68 Å². The summed E-state index contributed by atoms with van der Waals surface area (Å²) in [6, 6.07) is 2.34. The first-order valence-corrected chi connectivity index (χ1v) is 8.10. The molecule has 0 spiro atoms. The molecule has 0 saturated heterocycles. The highest BCUT2D eigenvalue weighted by Crippen LogP contribution is 2.17. The van der Waals surface area contributed by atoms with Gasteiger partial charge in [0.05, 0.1) is 29.0 Å². The summed E-state index contributed by atoms with van der Waals surface area (Å²) in [7, 11) is 0. The van der Waals surface area contributed by atoms with Crippen LogP contribution in [0.1, 0.15) is 38.4 Å². The second-order valence-corrected chi connectivity index (χ2v) is 6.17. The first kappa shape index (κ1) is 15.4. The first-order chi connectivity index (χ1) is 9.56. The van der Waals surface area contributed by atoms with Gasteiger partial charge in [0, 0.05) is 6.20 Å². The molecule has 108 valence electrons. The second-order valence-electron chi connectivity index (χ2n) is 4.53. The van der Waals surface area contributed by atoms with Gasteiger partial charge in [0.2, 0.25) is 0 Å². The molecule has 7 heteroatoms. The normalized spacial score (nSPS) is 11.2. The third-order valence-corrected chi connectivity index (χ3v) is 5.13. The molecule has 0 aliphatic carbocycles. The molecule has 0 atom stereocenters. The Hall–Kier alpha value is -0.950. The van der Waals surface area contributed by atoms with Crippen LogP contribution in [0.25, 0.3) is 0 Å². The molecule has 2 aromatic heterocycles. The Labute approximate surface area is 134 Å². The van der Waals surface area contributed by atoms with Gasteiger partial charge >= 0.3 is 0 Å². The van der Waals surface area contributed by atoms with Crippen molar-refractivity contribution in [2.45, 2.75) is 39.3 Å². The van der Waals surface area contributed by atoms with Crippen molar-refractivity contribution in [2.75, 3.05) is 0 Å². The summed E-state index contributed by atoms with van der Waals surface area (Å²) in [6.45, 7) is 4.67. The lowest BCUT2D eigenvalue weighted by molar-refractivity contribution is 0.423. The molecule has 0 fully saturated rings. The van der Waals surface area contributed by atoms with Crippen LogP contribution in [0.2, 0.25) is 0 Å². The van der Waals surface area contributed by atoms with E-state index in [0.717, 1.165) is 18.5 Å². The van der Waals surface area contributed by atoms with E-state index in [4.69, 9.17) is 0 Å². The maximum atomic E-state index is 12.0. The molecule has 0 radical (unpaired) electrons. The van der Waals surface area contributed by atoms with Crippen LogP contribution < -0.4 is 5.56 Å². The number of hydrogen-bond acceptors (Lipinski definition) is 3. The van der Waals surface area contributed by atoms with Crippen molar-refractivity contribution in [3.05, 3.63) is 43.5 Å². The van der Waals surface area contributed by atoms with Crippen LogP contribution in [0.3, 0.4) is 0 Å². The summed E-state index contributed by atoms with van der Waals surface area (Å²) in [4.78, 5) is 12.0. The van der Waals surface area contributed by atoms with Gasteiger partial charge < -0.3 is 0 Å². The molecule has 2 aromatic rings. The molecule has 0 aliphatic rings. The minimum atomic E-state index is -0.170. The van der Waals surface area contributed by atoms with Crippen LogP contribution in [0.4, 0.5) is 0 Å². The topological polar surface area (TPSA) is 52.7 Å². The number of halogens is 2. The van der Waals surface area contributed by atoms with Crippen LogP contribution in [0.5, 0.6) is 0 Å². The molecule has 2 heterocycles. The third-order valence-electron chi connectivity index (χ3n) is 3.23. The highest BCUT2D eigenvalue weighted by molar-refractivity contribution is 9.13. The van der Waals surface area contributed by atoms with E-state index in [1.54, 1.807) is 6.20 Å². The average molecular weight is 404 g/mol. The van der Waals surface area contributed by atoms with Crippen molar-refractivity contribution < 1.29 is 0 Å². The van der Waals surface area contributed by atoms with E-state index in [0.29, 0.717) is 21.5 Å². The summed E-state index contributed by atoms with van der Waals surface area (Å²) < 4.78 is 4.50. The fourth-order valence-corrected chi connectivity index (χ4v) is 2.61. The molecule has 2 rings (SSSR count). The zero-order valence-corrected chi connectivity index (χ0v) is 14.6. The zero-order chi connectivity index (χ0) is 14.7. The van der Waals surface area contributed by atoms with Gasteiger partial charge in [-0.3, -0.25) is 9.48 Å². The summed E-state index contributed by atoms with van der Waals surface area (Å²) in [5.74, 6) is 0. The smallest absolute Gasteiger partial charge is 0.269 e. The van der Waals surface area contributed by atoms with Gasteiger partial charge in [-0.15, -0.1) is 0 Å². The Kier molecular flexibility index (Phi) is 5.15. The van der Waals surface area contributed by atoms with Gasteiger partial charge in [-0.2, -0.15) is 10.2 Å². The van der Waals surface area contributed by atoms with E-state index in [9.17, 15) is 4.79 Å². The highest BCUT2D eigenvalue weighted by atomic mass is 79.9. The Morgan fingerprint density at radius 3 is 2.65 bits per heavy atom. The van der Waals surface area contributed by atoms with Gasteiger partial charge in [0.1, 0.15) is 4.47 Å². The number of nitrogens with zero attached hydrogens (tertiary/aromatic N) is 4. The van der Waals surface area contributed by atoms with Crippen molar-refractivity contribution in [1.82, 2.24) is 19.6 Å². The molecule has 0 aromatic carbocycles. The number of aromatic nitrogens is 4. The van der Waals surface area contributed by atoms with Crippen LogP contribution in [0.15, 0.2) is 32.2 Å². The molecule has 0 amide bonds. The lowest BCUT2D eigenvalue weighted by atomic mass is 10.2. The van der Waals surface area contributed by atoms with Crippen molar-refractivity contribution in [1.29, 1.82) is 0 Å². The SMILES string of the molecule is CCC(CC)n1ccc(Cn2ncc(Br)c(Br)c2=O)n1. The molecular formula is C13H16Br2N4O. The fourth-order valence-electron chi connectivity index (χ4n) is 2.04. The van der Waals surface area contributed by atoms with Crippen LogP contribution in [0, 0.1) is 0 Å². The lowest BCUT2D eigenvalue weighted by Gasteiger charge is -2.12. The van der Waals surface area contributed by atoms with E-state index in [1.165, 1.54) is 4.68 Å². The number of rotatable bonds is 5. The lowest BCUT2D eigenvalue weighted by Crippen LogP contribution is -2.24. The Balaban J connectivity index is 2.23. The van der Waals surface area contributed by atoms with Gasteiger partial charge in [-0.05, 0) is 50.8 Å². The maximum Gasteiger partial charge on any atom is 0.282 e. The van der Waals surface area contributed by atoms with Crippen LogP contribution >= 0.6 is 31.9 Å². The van der Waals surface area contributed by atoms with Crippen molar-refractivity contribution in [2.24, 2.45) is 0 Å². The largest absolute Gasteiger partial charge is 0.282 e. The van der Waals surface area contributed by atoms with E-state index >= 15 is 0 Å². The molecule has 0 saturated carbocycles. The Morgan fingerprint density at radius 2 is 2.00 bits per heavy atom. The predicted octanol–water partition coefficient (Wildman–Crippen LogP) is 3.37. The minimum absolute atomic E-state index is 0.170. The molecule has 5 nitrogen and oxygen atoms in total. The third kappa shape index (κ3) is 3.20. The standard InChI is InChI=1S/C13H16Br2N4O/c1-3-10(4-2)18-6-5-9(17-18)8-19-13(20)12(15)11(14)7-16-19/h5-7,10H,3-4,8H2,1-2H3. The summed E-state index contributed by atoms with van der Waals surface area (Å²) >= 11 is 6.51. The average Bonchev–Trinajstić information content (AvgIpc) is 2.89. The minimum Gasteiger partial charge on any atom is -0.269 e. The van der Waals surface area contributed by atoms with Crippen LogP contribution in [-0.2, 0) is 6.54 Å². The quantitative estimate of drug-likeness (QED) is 0.768. The van der Waals surface area contributed by atoms with Crippen molar-refractivity contribution in [3.63, 3.8) is 0 Å². The molecule has 0 bridgehead atoms. The summed E-state index contributed by atoms with van der Waals surface area (Å²) in [5.41, 5.74) is 0.664. The maximum absolute atomic E-state index is 12.0. The van der Waals surface area contributed by atoms with Gasteiger partial charge in [0.15, 0.2) is 0 Å². The van der Waals surface area contributed by atoms with E-state index in [2.05, 4.69) is 55.9 Å². The molecule has 20 heavy (non-hydrogen) atoms. The predicted molar refractivity (Wildman–Crippen MR) is 84.8 cm³/mol. The monoisotopic (exact) mass is 402 g/mol. The van der Waals surface area contributed by atoms with E-state index < -0.39 is 0 Å². The zero-order valence-electron chi connectivity index (χ0n) is 11.4. The van der Waals surface area contributed by atoms with Crippen molar-refractivity contribution in [3.8, 4) is 0 Å². The Bertz CT molecular complexity index is 646. The molecule has 0 N–H and O–H groups in total. The van der Waals surface area contributed by atoms with Crippen molar-refractivity contribution >= 4 is 31.9 Å².